The number of carbonyl (C=O) groups is 1. The molecule has 0 fully saturated rings. The van der Waals surface area contributed by atoms with Gasteiger partial charge < -0.3 is 10.1 Å². The van der Waals surface area contributed by atoms with E-state index in [1.54, 1.807) is 13.0 Å². The zero-order valence-corrected chi connectivity index (χ0v) is 12.3. The lowest BCUT2D eigenvalue weighted by Gasteiger charge is -2.15. The molecule has 0 saturated heterocycles. The number of benzene rings is 2. The molecule has 0 unspecified atom stereocenters. The fourth-order valence-corrected chi connectivity index (χ4v) is 1.86. The molecule has 2 rings (SSSR count). The number of carbonyl (C=O) groups excluding carboxylic acids is 1. The molecular weight excluding hydrogens is 284 g/mol. The molecule has 0 aliphatic rings. The summed E-state index contributed by atoms with van der Waals surface area (Å²) in [5.74, 6) is 0.293. The molecule has 1 atom stereocenters. The summed E-state index contributed by atoms with van der Waals surface area (Å²) >= 11 is 0. The number of anilines is 1. The van der Waals surface area contributed by atoms with Crippen LogP contribution in [0.25, 0.3) is 0 Å². The van der Waals surface area contributed by atoms with Crippen molar-refractivity contribution in [3.63, 3.8) is 0 Å². The summed E-state index contributed by atoms with van der Waals surface area (Å²) in [6.07, 6.45) is -0.683. The molecule has 0 radical (unpaired) electrons. The molecule has 0 bridgehead atoms. The summed E-state index contributed by atoms with van der Waals surface area (Å²) < 4.78 is 5.57. The minimum Gasteiger partial charge on any atom is -0.481 e. The number of nitrogens with one attached hydrogen (secondary N) is 1. The van der Waals surface area contributed by atoms with E-state index in [-0.39, 0.29) is 11.6 Å². The van der Waals surface area contributed by atoms with Crippen LogP contribution in [0.5, 0.6) is 5.75 Å². The van der Waals surface area contributed by atoms with E-state index in [2.05, 4.69) is 5.32 Å². The predicted octanol–water partition coefficient (Wildman–Crippen LogP) is 3.31. The van der Waals surface area contributed by atoms with Gasteiger partial charge in [0, 0.05) is 17.8 Å². The first-order chi connectivity index (χ1) is 10.5. The maximum absolute atomic E-state index is 12.1. The average molecular weight is 300 g/mol. The van der Waals surface area contributed by atoms with E-state index in [9.17, 15) is 14.9 Å². The number of nitrogens with zero attached hydrogens (tertiary/aromatic N) is 1. The van der Waals surface area contributed by atoms with Gasteiger partial charge in [0.2, 0.25) is 0 Å². The van der Waals surface area contributed by atoms with Crippen LogP contribution >= 0.6 is 0 Å². The first kappa shape index (κ1) is 15.5. The van der Waals surface area contributed by atoms with E-state index in [1.165, 1.54) is 24.3 Å². The molecule has 0 aromatic heterocycles. The lowest BCUT2D eigenvalue weighted by atomic mass is 10.2. The van der Waals surface area contributed by atoms with Crippen LogP contribution in [-0.2, 0) is 4.79 Å². The van der Waals surface area contributed by atoms with Gasteiger partial charge in [0.05, 0.1) is 4.92 Å². The largest absolute Gasteiger partial charge is 0.481 e. The van der Waals surface area contributed by atoms with Crippen molar-refractivity contribution in [1.29, 1.82) is 0 Å². The molecule has 0 heterocycles. The van der Waals surface area contributed by atoms with Crippen molar-refractivity contribution in [1.82, 2.24) is 0 Å². The maximum atomic E-state index is 12.1. The molecule has 6 heteroatoms. The molecule has 1 N–H and O–H groups in total. The summed E-state index contributed by atoms with van der Waals surface area (Å²) in [4.78, 5) is 22.1. The number of rotatable bonds is 5. The maximum Gasteiger partial charge on any atom is 0.269 e. The Labute approximate surface area is 127 Å². The van der Waals surface area contributed by atoms with E-state index < -0.39 is 11.0 Å². The Hall–Kier alpha value is -2.89. The quantitative estimate of drug-likeness (QED) is 0.678. The number of nitro benzene ring substituents is 1. The minimum atomic E-state index is -0.683. The average Bonchev–Trinajstić information content (AvgIpc) is 2.47. The minimum absolute atomic E-state index is 0.0259. The molecule has 114 valence electrons. The zero-order chi connectivity index (χ0) is 16.1. The first-order valence-corrected chi connectivity index (χ1v) is 6.74. The lowest BCUT2D eigenvalue weighted by molar-refractivity contribution is -0.384. The van der Waals surface area contributed by atoms with Crippen LogP contribution in [0.2, 0.25) is 0 Å². The highest BCUT2D eigenvalue weighted by atomic mass is 16.6. The van der Waals surface area contributed by atoms with Crippen molar-refractivity contribution in [2.75, 3.05) is 5.32 Å². The van der Waals surface area contributed by atoms with Crippen molar-refractivity contribution in [2.24, 2.45) is 0 Å². The van der Waals surface area contributed by atoms with Crippen LogP contribution in [0.4, 0.5) is 11.4 Å². The van der Waals surface area contributed by atoms with E-state index >= 15 is 0 Å². The van der Waals surface area contributed by atoms with Crippen LogP contribution in [0.3, 0.4) is 0 Å². The number of aryl methyl sites for hydroxylation is 1. The third-order valence-corrected chi connectivity index (χ3v) is 3.02. The number of ether oxygens (including phenoxy) is 1. The van der Waals surface area contributed by atoms with E-state index in [0.717, 1.165) is 5.56 Å². The van der Waals surface area contributed by atoms with Gasteiger partial charge in [0.1, 0.15) is 5.75 Å². The fraction of sp³-hybridized carbons (Fsp3) is 0.188. The first-order valence-electron chi connectivity index (χ1n) is 6.74. The summed E-state index contributed by atoms with van der Waals surface area (Å²) in [6.45, 7) is 3.58. The number of hydrogen-bond donors (Lipinski definition) is 1. The van der Waals surface area contributed by atoms with Crippen LogP contribution in [0.15, 0.2) is 48.5 Å². The van der Waals surface area contributed by atoms with Crippen molar-refractivity contribution >= 4 is 17.3 Å². The Bertz CT molecular complexity index is 683. The summed E-state index contributed by atoms with van der Waals surface area (Å²) in [6, 6.07) is 13.0. The van der Waals surface area contributed by atoms with Gasteiger partial charge in [-0.25, -0.2) is 0 Å². The predicted molar refractivity (Wildman–Crippen MR) is 83.0 cm³/mol. The molecule has 0 aliphatic carbocycles. The second-order valence-corrected chi connectivity index (χ2v) is 4.87. The Morgan fingerprint density at radius 1 is 1.23 bits per heavy atom. The van der Waals surface area contributed by atoms with E-state index in [0.29, 0.717) is 11.4 Å². The lowest BCUT2D eigenvalue weighted by Crippen LogP contribution is -2.30. The van der Waals surface area contributed by atoms with Crippen LogP contribution < -0.4 is 10.1 Å². The Morgan fingerprint density at radius 2 is 1.91 bits per heavy atom. The smallest absolute Gasteiger partial charge is 0.269 e. The third kappa shape index (κ3) is 4.05. The van der Waals surface area contributed by atoms with Crippen LogP contribution in [-0.4, -0.2) is 16.9 Å². The Kier molecular flexibility index (Phi) is 4.73. The van der Waals surface area contributed by atoms with Crippen molar-refractivity contribution in [3.8, 4) is 5.75 Å². The highest BCUT2D eigenvalue weighted by Crippen LogP contribution is 2.17. The molecule has 1 amide bonds. The third-order valence-electron chi connectivity index (χ3n) is 3.02. The summed E-state index contributed by atoms with van der Waals surface area (Å²) in [5.41, 5.74) is 1.50. The standard InChI is InChI=1S/C16H16N2O4/c1-11-4-3-5-15(10-11)22-12(2)16(19)17-13-6-8-14(9-7-13)18(20)21/h3-10,12H,1-2H3,(H,17,19)/t12-/m1/s1. The van der Waals surface area contributed by atoms with Crippen LogP contribution in [0, 0.1) is 17.0 Å². The molecule has 2 aromatic rings. The second kappa shape index (κ2) is 6.71. The highest BCUT2D eigenvalue weighted by Gasteiger charge is 2.15. The van der Waals surface area contributed by atoms with Gasteiger partial charge in [-0.2, -0.15) is 0 Å². The number of hydrogen-bond acceptors (Lipinski definition) is 4. The van der Waals surface area contributed by atoms with Gasteiger partial charge in [-0.3, -0.25) is 14.9 Å². The highest BCUT2D eigenvalue weighted by molar-refractivity contribution is 5.94. The van der Waals surface area contributed by atoms with Gasteiger partial charge in [-0.15, -0.1) is 0 Å². The van der Waals surface area contributed by atoms with E-state index in [1.807, 2.05) is 25.1 Å². The second-order valence-electron chi connectivity index (χ2n) is 4.87. The van der Waals surface area contributed by atoms with Gasteiger partial charge in [0.25, 0.3) is 11.6 Å². The fourth-order valence-electron chi connectivity index (χ4n) is 1.86. The van der Waals surface area contributed by atoms with Crippen molar-refractivity contribution in [2.45, 2.75) is 20.0 Å². The summed E-state index contributed by atoms with van der Waals surface area (Å²) in [5, 5.41) is 13.2. The van der Waals surface area contributed by atoms with Gasteiger partial charge in [-0.05, 0) is 43.7 Å². The zero-order valence-electron chi connectivity index (χ0n) is 12.3. The molecular formula is C16H16N2O4. The molecule has 0 saturated carbocycles. The van der Waals surface area contributed by atoms with Crippen molar-refractivity contribution in [3.05, 3.63) is 64.2 Å². The monoisotopic (exact) mass is 300 g/mol. The molecule has 0 spiro atoms. The van der Waals surface area contributed by atoms with Gasteiger partial charge in [0.15, 0.2) is 6.10 Å². The Morgan fingerprint density at radius 3 is 2.50 bits per heavy atom. The van der Waals surface area contributed by atoms with Gasteiger partial charge >= 0.3 is 0 Å². The SMILES string of the molecule is Cc1cccc(O[C@H](C)C(=O)Nc2ccc([N+](=O)[O-])cc2)c1. The Balaban J connectivity index is 1.97. The number of nitro groups is 1. The topological polar surface area (TPSA) is 81.5 Å². The molecule has 0 aliphatic heterocycles. The molecule has 22 heavy (non-hydrogen) atoms. The van der Waals surface area contributed by atoms with Crippen LogP contribution in [0.1, 0.15) is 12.5 Å². The van der Waals surface area contributed by atoms with Gasteiger partial charge in [-0.1, -0.05) is 12.1 Å². The van der Waals surface area contributed by atoms with Crippen molar-refractivity contribution < 1.29 is 14.5 Å². The van der Waals surface area contributed by atoms with E-state index in [4.69, 9.17) is 4.74 Å². The molecule has 6 nitrogen and oxygen atoms in total. The normalized spacial score (nSPS) is 11.5. The summed E-state index contributed by atoms with van der Waals surface area (Å²) in [7, 11) is 0. The number of non-ortho nitro benzene ring substituents is 1. The number of amides is 1. The molecule has 2 aromatic carbocycles.